The number of carbonyl (C=O) groups excluding carboxylic acids is 5. The number of nitrogens with zero attached hydrogens (tertiary/aromatic N) is 4. The van der Waals surface area contributed by atoms with Gasteiger partial charge in [0.1, 0.15) is 0 Å². The van der Waals surface area contributed by atoms with Crippen LogP contribution in [0.5, 0.6) is 0 Å². The van der Waals surface area contributed by atoms with Crippen LogP contribution in [0.3, 0.4) is 0 Å². The van der Waals surface area contributed by atoms with Gasteiger partial charge in [-0.2, -0.15) is 0 Å². The summed E-state index contributed by atoms with van der Waals surface area (Å²) in [4.78, 5) is 65.6. The monoisotopic (exact) mass is 1020 g/mol. The normalized spacial score (nSPS) is 15.5. The smallest absolute Gasteiger partial charge is 0.306 e. The Labute approximate surface area is 439 Å². The van der Waals surface area contributed by atoms with Crippen molar-refractivity contribution >= 4 is 29.8 Å². The summed E-state index contributed by atoms with van der Waals surface area (Å²) in [5, 5.41) is 0. The predicted molar refractivity (Wildman–Crippen MR) is 292 cm³/mol. The topological polar surface area (TPSA) is 144 Å². The third kappa shape index (κ3) is 45.1. The lowest BCUT2D eigenvalue weighted by Gasteiger charge is -2.32. The molecule has 4 rings (SSSR count). The number of benzene rings is 1. The van der Waals surface area contributed by atoms with E-state index in [1.807, 2.05) is 87.4 Å². The molecule has 3 aliphatic heterocycles. The van der Waals surface area contributed by atoms with Gasteiger partial charge < -0.3 is 43.3 Å². The van der Waals surface area contributed by atoms with Gasteiger partial charge in [-0.15, -0.1) is 0 Å². The van der Waals surface area contributed by atoms with Crippen LogP contribution in [0.15, 0.2) is 30.3 Å². The molecule has 3 heterocycles. The number of unbranched alkanes of at least 4 members (excludes halogenated alkanes) is 2. The molecule has 0 aromatic heterocycles. The average Bonchev–Trinajstić information content (AvgIpc) is 3.31. The molecule has 3 fully saturated rings. The predicted octanol–water partition coefficient (Wildman–Crippen LogP) is 10.9. The van der Waals surface area contributed by atoms with Crippen LogP contribution in [0.4, 0.5) is 0 Å². The summed E-state index contributed by atoms with van der Waals surface area (Å²) in [7, 11) is 2.15. The number of carbonyl (C=O) groups is 5. The molecule has 0 amide bonds. The van der Waals surface area contributed by atoms with Gasteiger partial charge in [-0.25, -0.2) is 0 Å². The molecular formula is C58H106N4O10. The molecule has 1 aromatic carbocycles. The molecule has 1 aromatic rings. The van der Waals surface area contributed by atoms with Gasteiger partial charge in [-0.05, 0) is 198 Å². The summed E-state index contributed by atoms with van der Waals surface area (Å²) in [6, 6.07) is 10.2. The van der Waals surface area contributed by atoms with E-state index in [-0.39, 0.29) is 60.4 Å². The summed E-state index contributed by atoms with van der Waals surface area (Å²) in [6.45, 7) is 33.5. The van der Waals surface area contributed by atoms with E-state index in [9.17, 15) is 24.0 Å². The van der Waals surface area contributed by atoms with E-state index in [1.165, 1.54) is 70.3 Å². The van der Waals surface area contributed by atoms with Crippen LogP contribution in [-0.4, -0.2) is 159 Å². The Morgan fingerprint density at radius 3 is 1.08 bits per heavy atom. The summed E-state index contributed by atoms with van der Waals surface area (Å²) in [5.74, 6) is -0.336. The zero-order valence-corrected chi connectivity index (χ0v) is 47.9. The summed E-state index contributed by atoms with van der Waals surface area (Å²) < 4.78 is 25.2. The van der Waals surface area contributed by atoms with Gasteiger partial charge in [-0.3, -0.25) is 24.0 Å². The molecule has 0 radical (unpaired) electrons. The molecule has 0 atom stereocenters. The Morgan fingerprint density at radius 2 is 0.722 bits per heavy atom. The van der Waals surface area contributed by atoms with Gasteiger partial charge in [0.2, 0.25) is 0 Å². The van der Waals surface area contributed by atoms with E-state index in [1.54, 1.807) is 0 Å². The highest BCUT2D eigenvalue weighted by molar-refractivity contribution is 5.70. The number of esters is 5. The van der Waals surface area contributed by atoms with Crippen molar-refractivity contribution in [3.8, 4) is 0 Å². The molecule has 418 valence electrons. The van der Waals surface area contributed by atoms with Crippen molar-refractivity contribution in [1.82, 2.24) is 19.6 Å². The Bertz CT molecular complexity index is 1490. The Balaban J connectivity index is 0.000000882. The number of likely N-dealkylation sites (tertiary alicyclic amines) is 2. The molecule has 0 aliphatic carbocycles. The molecule has 3 aliphatic rings. The maximum Gasteiger partial charge on any atom is 0.306 e. The number of ether oxygens (including phenoxy) is 5. The molecule has 3 saturated heterocycles. The largest absolute Gasteiger partial charge is 0.463 e. The van der Waals surface area contributed by atoms with E-state index in [0.29, 0.717) is 32.1 Å². The van der Waals surface area contributed by atoms with E-state index < -0.39 is 0 Å². The van der Waals surface area contributed by atoms with Crippen LogP contribution in [-0.2, 0) is 54.1 Å². The highest BCUT2D eigenvalue weighted by atomic mass is 16.6. The second-order valence-corrected chi connectivity index (χ2v) is 20.7. The molecule has 72 heavy (non-hydrogen) atoms. The third-order valence-electron chi connectivity index (χ3n) is 11.6. The van der Waals surface area contributed by atoms with Crippen molar-refractivity contribution in [2.45, 2.75) is 229 Å². The van der Waals surface area contributed by atoms with Crippen LogP contribution in [0, 0.1) is 0 Å². The van der Waals surface area contributed by atoms with Gasteiger partial charge in [0.25, 0.3) is 0 Å². The number of hydrogen-bond donors (Lipinski definition) is 0. The molecule has 0 unspecified atom stereocenters. The van der Waals surface area contributed by atoms with Crippen LogP contribution < -0.4 is 0 Å². The van der Waals surface area contributed by atoms with E-state index >= 15 is 0 Å². The molecule has 0 saturated carbocycles. The molecular weight excluding hydrogens is 913 g/mol. The molecule has 14 nitrogen and oxygen atoms in total. The van der Waals surface area contributed by atoms with Crippen molar-refractivity contribution < 1.29 is 47.7 Å². The van der Waals surface area contributed by atoms with Gasteiger partial charge in [0.15, 0.2) is 0 Å². The lowest BCUT2D eigenvalue weighted by molar-refractivity contribution is -0.148. The Kier molecular flexibility index (Phi) is 42.6. The minimum Gasteiger partial charge on any atom is -0.463 e. The maximum absolute atomic E-state index is 11.3. The first-order valence-electron chi connectivity index (χ1n) is 28.2. The maximum atomic E-state index is 11.3. The first kappa shape index (κ1) is 68.4. The average molecular weight is 1020 g/mol. The van der Waals surface area contributed by atoms with Crippen LogP contribution >= 0.6 is 0 Å². The SMILES string of the molecule is CC(C)OC(=O)CCCCN1CCCCC1.CC(C)OC(=O)CCCN1CCCCC1.CC(C)OC(=O)CCCN1CCN(C)CC1.CC(C)OC(=O)CCCc1ccccc1.CCCCC(=O)OC(C)C. The summed E-state index contributed by atoms with van der Waals surface area (Å²) in [5.41, 5.74) is 1.27. The quantitative estimate of drug-likeness (QED) is 0.0520. The highest BCUT2D eigenvalue weighted by Gasteiger charge is 2.15. The standard InChI is InChI=1S/C13H25NO2.C13H18O2.C12H24N2O2.C12H23NO2.C8H16O2/c1-12(2)16-13(15)8-4-7-11-14-9-5-3-6-10-14;1-11(2)15-13(14)10-6-9-12-7-4-3-5-8-12;1-11(2)16-12(15)5-4-6-14-9-7-13(3)8-10-14;1-11(2)15-12(14)7-6-10-13-8-4-3-5-9-13;1-4-5-6-8(9)10-7(2)3/h12H,3-11H2,1-2H3;3-5,7-8,11H,6,9-10H2,1-2H3;11H,4-10H2,1-3H3;11H,3-10H2,1-2H3;7H,4-6H2,1-3H3. The minimum atomic E-state index is -0.0964. The number of aryl methyl sites for hydroxylation is 1. The van der Waals surface area contributed by atoms with Crippen molar-refractivity contribution in [1.29, 1.82) is 0 Å². The Hall–Kier alpha value is -3.59. The molecule has 0 N–H and O–H groups in total. The molecule has 0 spiro atoms. The number of hydrogen-bond acceptors (Lipinski definition) is 14. The van der Waals surface area contributed by atoms with Gasteiger partial charge >= 0.3 is 29.8 Å². The Morgan fingerprint density at radius 1 is 0.403 bits per heavy atom. The van der Waals surface area contributed by atoms with Crippen LogP contribution in [0.25, 0.3) is 0 Å². The highest BCUT2D eigenvalue weighted by Crippen LogP contribution is 2.12. The van der Waals surface area contributed by atoms with E-state index in [2.05, 4.69) is 45.7 Å². The molecule has 0 bridgehead atoms. The van der Waals surface area contributed by atoms with Crippen LogP contribution in [0.2, 0.25) is 0 Å². The van der Waals surface area contributed by atoms with Crippen molar-refractivity contribution in [3.05, 3.63) is 35.9 Å². The van der Waals surface area contributed by atoms with Gasteiger partial charge in [0, 0.05) is 58.3 Å². The second kappa shape index (κ2) is 44.9. The number of likely N-dealkylation sites (N-methyl/N-ethyl adjacent to an activating group) is 1. The second-order valence-electron chi connectivity index (χ2n) is 20.7. The third-order valence-corrected chi connectivity index (χ3v) is 11.6. The first-order valence-corrected chi connectivity index (χ1v) is 28.2. The van der Waals surface area contributed by atoms with Crippen molar-refractivity contribution in [3.63, 3.8) is 0 Å². The zero-order chi connectivity index (χ0) is 53.9. The fraction of sp³-hybridized carbons (Fsp3) is 0.810. The van der Waals surface area contributed by atoms with Gasteiger partial charge in [-0.1, -0.05) is 56.5 Å². The summed E-state index contributed by atoms with van der Waals surface area (Å²) >= 11 is 0. The van der Waals surface area contributed by atoms with Gasteiger partial charge in [0.05, 0.1) is 30.5 Å². The van der Waals surface area contributed by atoms with Crippen LogP contribution in [0.1, 0.15) is 197 Å². The zero-order valence-electron chi connectivity index (χ0n) is 47.9. The van der Waals surface area contributed by atoms with E-state index in [0.717, 1.165) is 97.2 Å². The number of rotatable bonds is 25. The lowest BCUT2D eigenvalue weighted by Crippen LogP contribution is -2.44. The van der Waals surface area contributed by atoms with Crippen molar-refractivity contribution in [2.24, 2.45) is 0 Å². The fourth-order valence-electron chi connectivity index (χ4n) is 7.95. The number of piperidine rings is 2. The first-order chi connectivity index (χ1) is 34.3. The van der Waals surface area contributed by atoms with E-state index in [4.69, 9.17) is 23.7 Å². The number of piperazine rings is 1. The van der Waals surface area contributed by atoms with Crippen molar-refractivity contribution in [2.75, 3.05) is 79.0 Å². The lowest BCUT2D eigenvalue weighted by atomic mass is 10.1. The summed E-state index contributed by atoms with van der Waals surface area (Å²) in [6.07, 6.45) is 18.6. The molecule has 14 heteroatoms. The fourth-order valence-corrected chi connectivity index (χ4v) is 7.95. The minimum absolute atomic E-state index is 0.00535.